The molecule has 0 bridgehead atoms. The van der Waals surface area contributed by atoms with Crippen LogP contribution in [-0.4, -0.2) is 26.9 Å². The molecule has 0 spiro atoms. The molecule has 0 aliphatic carbocycles. The molecular weight excluding hydrogens is 499 g/mol. The molecule has 0 fully saturated rings. The van der Waals surface area contributed by atoms with Gasteiger partial charge in [-0.25, -0.2) is 10.4 Å². The summed E-state index contributed by atoms with van der Waals surface area (Å²) in [4.78, 5) is 17.2. The number of para-hydroxylation sites is 2. The highest BCUT2D eigenvalue weighted by molar-refractivity contribution is 7.99. The van der Waals surface area contributed by atoms with Crippen LogP contribution < -0.4 is 5.43 Å². The zero-order valence-electron chi connectivity index (χ0n) is 17.6. The van der Waals surface area contributed by atoms with Crippen molar-refractivity contribution in [3.8, 4) is 0 Å². The first-order valence-electron chi connectivity index (χ1n) is 10.0. The second kappa shape index (κ2) is 10.6. The summed E-state index contributed by atoms with van der Waals surface area (Å²) >= 11 is 19.9. The second-order valence-electron chi connectivity index (χ2n) is 7.21. The Hall–Kier alpha value is -2.51. The lowest BCUT2D eigenvalue weighted by atomic mass is 10.1. The van der Waals surface area contributed by atoms with Gasteiger partial charge in [-0.15, -0.1) is 0 Å². The molecule has 0 saturated heterocycles. The van der Waals surface area contributed by atoms with Crippen LogP contribution in [0.25, 0.3) is 11.0 Å². The number of carbonyl (C=O) groups excluding carboxylic acids is 1. The van der Waals surface area contributed by atoms with Crippen molar-refractivity contribution in [2.24, 2.45) is 5.10 Å². The summed E-state index contributed by atoms with van der Waals surface area (Å²) in [6, 6.07) is 20.7. The summed E-state index contributed by atoms with van der Waals surface area (Å²) in [7, 11) is 0. The molecular formula is C24H19Cl3N4OS. The molecule has 0 radical (unpaired) electrons. The molecule has 0 atom stereocenters. The highest BCUT2D eigenvalue weighted by atomic mass is 35.5. The average molecular weight is 518 g/mol. The van der Waals surface area contributed by atoms with E-state index < -0.39 is 0 Å². The zero-order chi connectivity index (χ0) is 23.4. The van der Waals surface area contributed by atoms with Gasteiger partial charge in [0.25, 0.3) is 5.91 Å². The van der Waals surface area contributed by atoms with E-state index in [-0.39, 0.29) is 11.7 Å². The van der Waals surface area contributed by atoms with Crippen LogP contribution in [0.15, 0.2) is 77.0 Å². The van der Waals surface area contributed by atoms with Gasteiger partial charge in [-0.3, -0.25) is 4.79 Å². The number of carbonyl (C=O) groups is 1. The van der Waals surface area contributed by atoms with E-state index in [0.29, 0.717) is 32.9 Å². The highest BCUT2D eigenvalue weighted by Crippen LogP contribution is 2.27. The van der Waals surface area contributed by atoms with Gasteiger partial charge in [0.05, 0.1) is 34.1 Å². The summed E-state index contributed by atoms with van der Waals surface area (Å²) in [5.41, 5.74) is 6.69. The summed E-state index contributed by atoms with van der Waals surface area (Å²) in [6.07, 6.45) is 0. The van der Waals surface area contributed by atoms with E-state index >= 15 is 0 Å². The first-order valence-corrected chi connectivity index (χ1v) is 12.1. The Morgan fingerprint density at radius 3 is 2.58 bits per heavy atom. The molecule has 4 rings (SSSR count). The number of aromatic nitrogens is 2. The molecule has 0 unspecified atom stereocenters. The number of fused-ring (bicyclic) bond motifs is 1. The Morgan fingerprint density at radius 1 is 1.03 bits per heavy atom. The second-order valence-corrected chi connectivity index (χ2v) is 9.40. The molecule has 9 heteroatoms. The van der Waals surface area contributed by atoms with Crippen molar-refractivity contribution in [1.29, 1.82) is 0 Å². The number of hydrogen-bond donors (Lipinski definition) is 1. The monoisotopic (exact) mass is 516 g/mol. The molecule has 1 heterocycles. The van der Waals surface area contributed by atoms with Crippen LogP contribution in [0.3, 0.4) is 0 Å². The van der Waals surface area contributed by atoms with Crippen LogP contribution in [0, 0.1) is 0 Å². The van der Waals surface area contributed by atoms with Crippen LogP contribution >= 0.6 is 46.6 Å². The third kappa shape index (κ3) is 5.71. The van der Waals surface area contributed by atoms with Crippen molar-refractivity contribution in [1.82, 2.24) is 15.0 Å². The van der Waals surface area contributed by atoms with Crippen molar-refractivity contribution < 1.29 is 4.79 Å². The number of amides is 1. The average Bonchev–Trinajstić information content (AvgIpc) is 3.15. The molecule has 1 aromatic heterocycles. The summed E-state index contributed by atoms with van der Waals surface area (Å²) in [6.45, 7) is 2.32. The molecule has 33 heavy (non-hydrogen) atoms. The lowest BCUT2D eigenvalue weighted by molar-refractivity contribution is -0.118. The maximum atomic E-state index is 12.5. The van der Waals surface area contributed by atoms with Crippen molar-refractivity contribution in [2.45, 2.75) is 18.6 Å². The predicted molar refractivity (Wildman–Crippen MR) is 138 cm³/mol. The van der Waals surface area contributed by atoms with Gasteiger partial charge in [-0.2, -0.15) is 5.10 Å². The lowest BCUT2D eigenvalue weighted by Crippen LogP contribution is -2.21. The molecule has 1 amide bonds. The van der Waals surface area contributed by atoms with Crippen LogP contribution in [0.2, 0.25) is 15.1 Å². The normalized spacial score (nSPS) is 11.7. The van der Waals surface area contributed by atoms with Crippen LogP contribution in [0.4, 0.5) is 0 Å². The number of thioether (sulfide) groups is 1. The number of imidazole rings is 1. The van der Waals surface area contributed by atoms with E-state index in [4.69, 9.17) is 39.8 Å². The molecule has 4 aromatic rings. The smallest absolute Gasteiger partial charge is 0.250 e. The number of hydrogen-bond acceptors (Lipinski definition) is 4. The Labute approximate surface area is 210 Å². The molecule has 5 nitrogen and oxygen atoms in total. The number of rotatable bonds is 7. The Morgan fingerprint density at radius 2 is 1.79 bits per heavy atom. The predicted octanol–water partition coefficient (Wildman–Crippen LogP) is 6.68. The maximum absolute atomic E-state index is 12.5. The molecule has 1 N–H and O–H groups in total. The Balaban J connectivity index is 1.49. The van der Waals surface area contributed by atoms with Crippen molar-refractivity contribution in [3.05, 3.63) is 92.9 Å². The van der Waals surface area contributed by atoms with Gasteiger partial charge in [0, 0.05) is 15.6 Å². The highest BCUT2D eigenvalue weighted by Gasteiger charge is 2.14. The van der Waals surface area contributed by atoms with Crippen molar-refractivity contribution >= 4 is 69.2 Å². The Kier molecular flexibility index (Phi) is 7.60. The SMILES string of the molecule is C/C(=N/NC(=O)CSc1nc2ccccc2n1Cc1ccccc1Cl)c1ccc(Cl)cc1Cl. The minimum atomic E-state index is -0.249. The Bertz CT molecular complexity index is 1350. The third-order valence-corrected chi connectivity index (χ3v) is 6.80. The quantitative estimate of drug-likeness (QED) is 0.169. The number of hydrazone groups is 1. The largest absolute Gasteiger partial charge is 0.314 e. The number of benzene rings is 3. The minimum absolute atomic E-state index is 0.150. The minimum Gasteiger partial charge on any atom is -0.314 e. The van der Waals surface area contributed by atoms with Gasteiger partial charge in [-0.05, 0) is 42.8 Å². The zero-order valence-corrected chi connectivity index (χ0v) is 20.6. The van der Waals surface area contributed by atoms with E-state index in [1.165, 1.54) is 11.8 Å². The number of nitrogens with one attached hydrogen (secondary N) is 1. The first-order chi connectivity index (χ1) is 15.9. The third-order valence-electron chi connectivity index (χ3n) is 4.91. The molecule has 0 aliphatic rings. The summed E-state index contributed by atoms with van der Waals surface area (Å²) in [5.74, 6) is -0.0995. The van der Waals surface area contributed by atoms with E-state index in [9.17, 15) is 4.79 Å². The van der Waals surface area contributed by atoms with Crippen LogP contribution in [0.1, 0.15) is 18.1 Å². The fourth-order valence-electron chi connectivity index (χ4n) is 3.27. The van der Waals surface area contributed by atoms with E-state index in [1.807, 2.05) is 48.5 Å². The van der Waals surface area contributed by atoms with Crippen LogP contribution in [0.5, 0.6) is 0 Å². The van der Waals surface area contributed by atoms with Gasteiger partial charge in [-0.1, -0.05) is 83.0 Å². The molecule has 168 valence electrons. The molecule has 0 aliphatic heterocycles. The maximum Gasteiger partial charge on any atom is 0.250 e. The summed E-state index contributed by atoms with van der Waals surface area (Å²) in [5, 5.41) is 6.60. The number of halogens is 3. The van der Waals surface area contributed by atoms with Gasteiger partial charge in [0.15, 0.2) is 5.16 Å². The fraction of sp³-hybridized carbons (Fsp3) is 0.125. The van der Waals surface area contributed by atoms with Gasteiger partial charge < -0.3 is 4.57 Å². The molecule has 0 saturated carbocycles. The van der Waals surface area contributed by atoms with Gasteiger partial charge >= 0.3 is 0 Å². The van der Waals surface area contributed by atoms with Crippen molar-refractivity contribution in [3.63, 3.8) is 0 Å². The summed E-state index contributed by atoms with van der Waals surface area (Å²) < 4.78 is 2.07. The topological polar surface area (TPSA) is 59.3 Å². The molecule has 3 aromatic carbocycles. The lowest BCUT2D eigenvalue weighted by Gasteiger charge is -2.10. The van der Waals surface area contributed by atoms with E-state index in [0.717, 1.165) is 21.8 Å². The van der Waals surface area contributed by atoms with E-state index in [2.05, 4.69) is 15.1 Å². The van der Waals surface area contributed by atoms with Gasteiger partial charge in [0.1, 0.15) is 0 Å². The first kappa shape index (κ1) is 23.6. The number of nitrogens with zero attached hydrogens (tertiary/aromatic N) is 3. The standard InChI is InChI=1S/C24H19Cl3N4OS/c1-15(18-11-10-17(25)12-20(18)27)29-30-23(32)14-33-24-28-21-8-4-5-9-22(21)31(24)13-16-6-2-3-7-19(16)26/h2-12H,13-14H2,1H3,(H,30,32)/b29-15-. The fourth-order valence-corrected chi connectivity index (χ4v) is 4.81. The van der Waals surface area contributed by atoms with Crippen LogP contribution in [-0.2, 0) is 11.3 Å². The van der Waals surface area contributed by atoms with Crippen molar-refractivity contribution in [2.75, 3.05) is 5.75 Å². The van der Waals surface area contributed by atoms with Gasteiger partial charge in [0.2, 0.25) is 0 Å². The van der Waals surface area contributed by atoms with E-state index in [1.54, 1.807) is 25.1 Å².